The second kappa shape index (κ2) is 53.9. The third-order valence-electron chi connectivity index (χ3n) is 11.8. The summed E-state index contributed by atoms with van der Waals surface area (Å²) in [6, 6.07) is 0. The number of allylic oxidation sites excluding steroid dienone is 13. The van der Waals surface area contributed by atoms with Gasteiger partial charge in [0.1, 0.15) is 12.7 Å². The number of phosphoric ester groups is 1. The van der Waals surface area contributed by atoms with E-state index in [0.717, 1.165) is 77.0 Å². The van der Waals surface area contributed by atoms with Crippen LogP contribution in [0.15, 0.2) is 85.1 Å². The Morgan fingerprint density at radius 1 is 0.417 bits per heavy atom. The van der Waals surface area contributed by atoms with Crippen molar-refractivity contribution in [2.45, 2.75) is 251 Å². The molecule has 0 saturated carbocycles. The van der Waals surface area contributed by atoms with E-state index in [9.17, 15) is 28.9 Å². The van der Waals surface area contributed by atoms with Gasteiger partial charge in [-0.15, -0.1) is 0 Å². The molecule has 0 amide bonds. The van der Waals surface area contributed by atoms with Crippen molar-refractivity contribution in [2.75, 3.05) is 26.4 Å². The highest BCUT2D eigenvalue weighted by molar-refractivity contribution is 7.47. The summed E-state index contributed by atoms with van der Waals surface area (Å²) in [6.07, 6.45) is 61.4. The summed E-state index contributed by atoms with van der Waals surface area (Å²) >= 11 is 0. The summed E-state index contributed by atoms with van der Waals surface area (Å²) in [5, 5.41) is 9.78. The van der Waals surface area contributed by atoms with Gasteiger partial charge in [0.05, 0.1) is 26.2 Å². The van der Waals surface area contributed by atoms with Crippen LogP contribution in [0.4, 0.5) is 0 Å². The third kappa shape index (κ3) is 51.6. The van der Waals surface area contributed by atoms with Gasteiger partial charge >= 0.3 is 25.7 Å². The second-order valence-corrected chi connectivity index (χ2v) is 20.2. The number of hydrogen-bond acceptors (Lipinski definition) is 10. The zero-order valence-corrected chi connectivity index (χ0v) is 46.5. The number of carbonyl (C=O) groups excluding carboxylic acids is 3. The van der Waals surface area contributed by atoms with E-state index in [4.69, 9.17) is 23.3 Å². The first-order chi connectivity index (χ1) is 35.2. The quantitative estimate of drug-likeness (QED) is 0.0197. The summed E-state index contributed by atoms with van der Waals surface area (Å²) in [5.41, 5.74) is 0. The van der Waals surface area contributed by atoms with Crippen molar-refractivity contribution in [1.29, 1.82) is 0 Å². The normalized spacial score (nSPS) is 14.0. The van der Waals surface area contributed by atoms with Crippen molar-refractivity contribution in [3.05, 3.63) is 85.1 Å². The molecule has 2 N–H and O–H groups in total. The molecule has 0 aliphatic heterocycles. The van der Waals surface area contributed by atoms with E-state index in [1.54, 1.807) is 6.08 Å². The molecule has 11 nitrogen and oxygen atoms in total. The first kappa shape index (κ1) is 68.7. The molecule has 0 bridgehead atoms. The zero-order valence-electron chi connectivity index (χ0n) is 45.6. The topological polar surface area (TPSA) is 155 Å². The van der Waals surface area contributed by atoms with Crippen LogP contribution in [0, 0.1) is 0 Å². The molecule has 12 heteroatoms. The van der Waals surface area contributed by atoms with Crippen LogP contribution in [0.25, 0.3) is 0 Å². The van der Waals surface area contributed by atoms with Crippen molar-refractivity contribution in [1.82, 2.24) is 0 Å². The lowest BCUT2D eigenvalue weighted by Gasteiger charge is -2.21. The van der Waals surface area contributed by atoms with Crippen molar-refractivity contribution in [3.8, 4) is 0 Å². The van der Waals surface area contributed by atoms with Crippen molar-refractivity contribution in [2.24, 2.45) is 0 Å². The number of carbonyl (C=O) groups is 3. The number of aliphatic hydroxyl groups excluding tert-OH is 1. The van der Waals surface area contributed by atoms with Crippen molar-refractivity contribution < 1.29 is 52.2 Å². The Balaban J connectivity index is 4.77. The van der Waals surface area contributed by atoms with Gasteiger partial charge in [-0.05, 0) is 77.0 Å². The lowest BCUT2D eigenvalue weighted by molar-refractivity contribution is -0.161. The van der Waals surface area contributed by atoms with Crippen LogP contribution in [-0.2, 0) is 42.2 Å². The monoisotopic (exact) mass is 1030 g/mol. The number of rotatable bonds is 52. The molecule has 0 rings (SSSR count). The number of hydrogen-bond donors (Lipinski definition) is 2. The Morgan fingerprint density at radius 2 is 0.778 bits per heavy atom. The molecular weight excluding hydrogens is 928 g/mol. The molecule has 0 fully saturated rings. The highest BCUT2D eigenvalue weighted by Crippen LogP contribution is 2.43. The maximum atomic E-state index is 12.9. The Kier molecular flexibility index (Phi) is 51.4. The van der Waals surface area contributed by atoms with Gasteiger partial charge in [-0.25, -0.2) is 4.57 Å². The van der Waals surface area contributed by atoms with Gasteiger partial charge in [-0.2, -0.15) is 0 Å². The average Bonchev–Trinajstić information content (AvgIpc) is 3.37. The molecule has 0 aromatic carbocycles. The van der Waals surface area contributed by atoms with Crippen molar-refractivity contribution >= 4 is 25.7 Å². The average molecular weight is 1030 g/mol. The highest BCUT2D eigenvalue weighted by Gasteiger charge is 2.28. The number of phosphoric acid groups is 1. The van der Waals surface area contributed by atoms with Crippen LogP contribution in [0.5, 0.6) is 0 Å². The molecule has 0 spiro atoms. The second-order valence-electron chi connectivity index (χ2n) is 18.7. The van der Waals surface area contributed by atoms with E-state index in [-0.39, 0.29) is 25.9 Å². The molecule has 0 aromatic rings. The minimum Gasteiger partial charge on any atom is -0.462 e. The number of ether oxygens (including phenoxy) is 3. The smallest absolute Gasteiger partial charge is 0.462 e. The van der Waals surface area contributed by atoms with E-state index in [1.165, 1.54) is 103 Å². The van der Waals surface area contributed by atoms with Gasteiger partial charge in [-0.1, -0.05) is 228 Å². The number of unbranched alkanes of at least 4 members (excludes halogenated alkanes) is 22. The third-order valence-corrected chi connectivity index (χ3v) is 12.8. The van der Waals surface area contributed by atoms with Crippen LogP contribution in [0.1, 0.15) is 239 Å². The largest absolute Gasteiger partial charge is 0.472 e. The standard InChI is InChI=1S/C60H103O11P/c1-4-7-10-13-16-19-22-24-26-27-28-29-31-33-36-39-42-45-48-51-60(64)71-57(53-67-58(62)49-46-43-40-37-34-21-18-15-12-9-6-3)55-69-72(65,66)68-54-56(52-61)70-59(63)50-47-44-41-38-35-32-30-25-23-20-17-14-11-8-5-2/h8,11,16-17,19-20,24-26,30,35,38,44,47,56-57,61H,4-7,9-10,12-15,18,21-23,27-29,31-34,36-37,39-43,45-46,48-55H2,1-3H3,(H,65,66)/b11-8-,19-16-,20-17-,26-24-,30-25-,38-35-,47-44-. The summed E-state index contributed by atoms with van der Waals surface area (Å²) in [5.74, 6) is -1.60. The molecule has 72 heavy (non-hydrogen) atoms. The predicted molar refractivity (Wildman–Crippen MR) is 298 cm³/mol. The molecule has 0 radical (unpaired) electrons. The molecule has 3 atom stereocenters. The number of aliphatic hydroxyl groups is 1. The Hall–Kier alpha value is -3.34. The maximum Gasteiger partial charge on any atom is 0.472 e. The van der Waals surface area contributed by atoms with Gasteiger partial charge in [-0.3, -0.25) is 23.4 Å². The first-order valence-corrected chi connectivity index (χ1v) is 30.0. The molecule has 3 unspecified atom stereocenters. The maximum absolute atomic E-state index is 12.9. The van der Waals surface area contributed by atoms with Crippen LogP contribution in [0.2, 0.25) is 0 Å². The van der Waals surface area contributed by atoms with Crippen LogP contribution in [-0.4, -0.2) is 66.5 Å². The van der Waals surface area contributed by atoms with Gasteiger partial charge in [0.2, 0.25) is 0 Å². The number of esters is 3. The molecule has 0 aliphatic rings. The highest BCUT2D eigenvalue weighted by atomic mass is 31.2. The summed E-state index contributed by atoms with van der Waals surface area (Å²) < 4.78 is 39.3. The minimum absolute atomic E-state index is 0.0567. The van der Waals surface area contributed by atoms with Crippen LogP contribution < -0.4 is 0 Å². The fraction of sp³-hybridized carbons (Fsp3) is 0.717. The molecule has 0 heterocycles. The van der Waals surface area contributed by atoms with Crippen molar-refractivity contribution in [3.63, 3.8) is 0 Å². The van der Waals surface area contributed by atoms with Gasteiger partial charge < -0.3 is 24.2 Å². The molecular formula is C60H103O11P. The minimum atomic E-state index is -4.77. The molecule has 0 saturated heterocycles. The molecule has 0 aliphatic carbocycles. The van der Waals surface area contributed by atoms with Gasteiger partial charge in [0.15, 0.2) is 6.10 Å². The lowest BCUT2D eigenvalue weighted by atomic mass is 10.1. The summed E-state index contributed by atoms with van der Waals surface area (Å²) in [6.45, 7) is 4.39. The fourth-order valence-corrected chi connectivity index (χ4v) is 8.30. The van der Waals surface area contributed by atoms with E-state index in [2.05, 4.69) is 81.5 Å². The summed E-state index contributed by atoms with van der Waals surface area (Å²) in [4.78, 5) is 48.4. The van der Waals surface area contributed by atoms with E-state index < -0.39 is 57.8 Å². The first-order valence-electron chi connectivity index (χ1n) is 28.5. The van der Waals surface area contributed by atoms with E-state index in [0.29, 0.717) is 19.3 Å². The van der Waals surface area contributed by atoms with E-state index >= 15 is 0 Å². The van der Waals surface area contributed by atoms with Gasteiger partial charge in [0.25, 0.3) is 0 Å². The zero-order chi connectivity index (χ0) is 52.7. The Morgan fingerprint density at radius 3 is 1.25 bits per heavy atom. The molecule has 0 aromatic heterocycles. The Labute approximate surface area is 439 Å². The molecule has 414 valence electrons. The van der Waals surface area contributed by atoms with Gasteiger partial charge in [0, 0.05) is 12.8 Å². The van der Waals surface area contributed by atoms with Crippen LogP contribution in [0.3, 0.4) is 0 Å². The summed E-state index contributed by atoms with van der Waals surface area (Å²) in [7, 11) is -4.77. The predicted octanol–water partition coefficient (Wildman–Crippen LogP) is 16.7. The SMILES string of the molecule is CC/C=C\C/C=C\C/C=C\C/C=C\C/C=C\CC(=O)OC(CO)COP(=O)(O)OCC(COC(=O)CCCCCCCCCCCCC)OC(=O)CCCCCCCCCCC/C=C\C/C=C\CCCCC. The lowest BCUT2D eigenvalue weighted by Crippen LogP contribution is -2.30. The fourth-order valence-electron chi connectivity index (χ4n) is 7.52. The van der Waals surface area contributed by atoms with E-state index in [1.807, 2.05) is 18.2 Å². The van der Waals surface area contributed by atoms with Crippen LogP contribution >= 0.6 is 7.82 Å². The Bertz CT molecular complexity index is 1530.